The Morgan fingerprint density at radius 1 is 0.986 bits per heavy atom. The minimum absolute atomic E-state index is 0.0340. The first-order valence-electron chi connectivity index (χ1n) is 24.8. The van der Waals surface area contributed by atoms with Crippen molar-refractivity contribution >= 4 is 45.1 Å². The zero-order valence-corrected chi connectivity index (χ0v) is 40.8. The molecule has 370 valence electrons. The van der Waals surface area contributed by atoms with Gasteiger partial charge in [0.15, 0.2) is 5.60 Å². The Hall–Kier alpha value is -7.39. The standard InChI is InChI=1S/C55H57N9O8/c1-5-55(69)42-24-46-49-35(25-64(46)52(67)41(42)31-71-53(55)68)23-39-40(28-65)47(15-14-43(39)57-49)70-29-33(3)51(66)63-22-21-62(26-36(63)16-18-56)50-38-17-20-61(45-13-7-11-34-10-6-9-32(2)48(34)45)27-44(38)58-54(59-50)72-30-37-12-8-19-60(37)4/h6-7,9-11,13-15,23-24,36-37,65,69H,3,5,8,12,16-17,19-22,25-31H2,1-2,4H3. The number of likely N-dealkylation sites (N-methyl/N-ethyl adjacent to an activating group) is 1. The van der Waals surface area contributed by atoms with Gasteiger partial charge >= 0.3 is 12.0 Å². The zero-order valence-electron chi connectivity index (χ0n) is 40.8. The summed E-state index contributed by atoms with van der Waals surface area (Å²) in [6, 6.07) is 22.2. The van der Waals surface area contributed by atoms with Gasteiger partial charge in [-0.05, 0) is 87.5 Å². The number of aliphatic hydroxyl groups is 2. The molecule has 0 aliphatic carbocycles. The summed E-state index contributed by atoms with van der Waals surface area (Å²) in [6.07, 6.45) is 3.00. The van der Waals surface area contributed by atoms with Crippen LogP contribution in [0.1, 0.15) is 71.7 Å². The number of amides is 1. The second kappa shape index (κ2) is 18.7. The molecular weight excluding hydrogens is 915 g/mol. The van der Waals surface area contributed by atoms with Crippen molar-refractivity contribution in [3.63, 3.8) is 0 Å². The minimum atomic E-state index is -1.94. The van der Waals surface area contributed by atoms with Crippen LogP contribution in [0, 0.1) is 18.3 Å². The molecule has 6 aromatic rings. The second-order valence-corrected chi connectivity index (χ2v) is 19.7. The van der Waals surface area contributed by atoms with Gasteiger partial charge in [0.1, 0.15) is 31.4 Å². The van der Waals surface area contributed by atoms with Crippen LogP contribution < -0.4 is 24.8 Å². The van der Waals surface area contributed by atoms with Crippen LogP contribution in [0.5, 0.6) is 11.8 Å². The van der Waals surface area contributed by atoms with Crippen LogP contribution >= 0.6 is 0 Å². The lowest BCUT2D eigenvalue weighted by molar-refractivity contribution is -0.172. The van der Waals surface area contributed by atoms with E-state index in [9.17, 15) is 29.9 Å². The molecule has 0 bridgehead atoms. The smallest absolute Gasteiger partial charge is 0.343 e. The van der Waals surface area contributed by atoms with Crippen LogP contribution in [-0.2, 0) is 52.7 Å². The van der Waals surface area contributed by atoms with Gasteiger partial charge in [-0.1, -0.05) is 43.8 Å². The lowest BCUT2D eigenvalue weighted by Crippen LogP contribution is -2.56. The molecule has 0 spiro atoms. The van der Waals surface area contributed by atoms with Gasteiger partial charge in [0.2, 0.25) is 0 Å². The number of fused-ring (bicyclic) bond motifs is 7. The summed E-state index contributed by atoms with van der Waals surface area (Å²) in [5.74, 6) is -0.00523. The highest BCUT2D eigenvalue weighted by Crippen LogP contribution is 2.41. The number of nitriles is 1. The lowest BCUT2D eigenvalue weighted by atomic mass is 9.86. The number of esters is 1. The molecule has 8 heterocycles. The van der Waals surface area contributed by atoms with Crippen LogP contribution in [0.25, 0.3) is 33.1 Å². The fourth-order valence-electron chi connectivity index (χ4n) is 11.5. The molecule has 3 aromatic carbocycles. The Kier molecular flexibility index (Phi) is 12.2. The van der Waals surface area contributed by atoms with Crippen molar-refractivity contribution in [1.29, 1.82) is 5.26 Å². The first-order chi connectivity index (χ1) is 34.9. The van der Waals surface area contributed by atoms with Crippen LogP contribution in [0.3, 0.4) is 0 Å². The Balaban J connectivity index is 0.815. The topological polar surface area (TPSA) is 200 Å². The van der Waals surface area contributed by atoms with Gasteiger partial charge in [-0.2, -0.15) is 15.2 Å². The molecule has 0 radical (unpaired) electrons. The Labute approximate surface area is 416 Å². The number of ether oxygens (including phenoxy) is 3. The maximum atomic E-state index is 14.3. The van der Waals surface area contributed by atoms with E-state index in [0.29, 0.717) is 84.4 Å². The number of cyclic esters (lactones) is 1. The van der Waals surface area contributed by atoms with E-state index < -0.39 is 24.2 Å². The first kappa shape index (κ1) is 47.0. The molecule has 17 heteroatoms. The summed E-state index contributed by atoms with van der Waals surface area (Å²) < 4.78 is 19.4. The van der Waals surface area contributed by atoms with Crippen molar-refractivity contribution in [2.24, 2.45) is 0 Å². The molecule has 72 heavy (non-hydrogen) atoms. The summed E-state index contributed by atoms with van der Waals surface area (Å²) in [4.78, 5) is 64.3. The zero-order chi connectivity index (χ0) is 50.0. The number of likely N-dealkylation sites (tertiary alicyclic amines) is 1. The lowest BCUT2D eigenvalue weighted by Gasteiger charge is -2.42. The molecule has 2 fully saturated rings. The third-order valence-corrected chi connectivity index (χ3v) is 15.5. The van der Waals surface area contributed by atoms with E-state index in [4.69, 9.17) is 29.2 Å². The second-order valence-electron chi connectivity index (χ2n) is 19.7. The van der Waals surface area contributed by atoms with Crippen LogP contribution in [0.15, 0.2) is 77.6 Å². The highest BCUT2D eigenvalue weighted by atomic mass is 16.6. The summed E-state index contributed by atoms with van der Waals surface area (Å²) in [5, 5.41) is 35.1. The van der Waals surface area contributed by atoms with Crippen molar-refractivity contribution in [2.45, 2.75) is 89.9 Å². The molecule has 17 nitrogen and oxygen atoms in total. The molecule has 5 aliphatic rings. The van der Waals surface area contributed by atoms with E-state index in [1.54, 1.807) is 34.6 Å². The summed E-state index contributed by atoms with van der Waals surface area (Å²) in [7, 11) is 2.12. The highest BCUT2D eigenvalue weighted by Gasteiger charge is 2.45. The number of rotatable bonds is 12. The van der Waals surface area contributed by atoms with Gasteiger partial charge in [0.25, 0.3) is 11.5 Å². The number of aryl methyl sites for hydroxylation is 1. The maximum absolute atomic E-state index is 14.3. The molecule has 3 aromatic heterocycles. The number of hydrogen-bond donors (Lipinski definition) is 2. The Morgan fingerprint density at radius 3 is 2.60 bits per heavy atom. The molecule has 11 rings (SSSR count). The predicted molar refractivity (Wildman–Crippen MR) is 270 cm³/mol. The fourth-order valence-corrected chi connectivity index (χ4v) is 11.5. The van der Waals surface area contributed by atoms with E-state index in [1.165, 1.54) is 22.0 Å². The molecule has 0 saturated carbocycles. The quantitative estimate of drug-likeness (QED) is 0.116. The maximum Gasteiger partial charge on any atom is 0.343 e. The van der Waals surface area contributed by atoms with Crippen LogP contribution in [0.2, 0.25) is 0 Å². The monoisotopic (exact) mass is 971 g/mol. The Bertz CT molecular complexity index is 3330. The van der Waals surface area contributed by atoms with Gasteiger partial charge in [-0.25, -0.2) is 9.78 Å². The van der Waals surface area contributed by atoms with E-state index in [2.05, 4.69) is 77.7 Å². The van der Waals surface area contributed by atoms with Crippen molar-refractivity contribution in [2.75, 3.05) is 62.8 Å². The molecule has 3 atom stereocenters. The minimum Gasteiger partial charge on any atom is -0.488 e. The number of pyridine rings is 2. The summed E-state index contributed by atoms with van der Waals surface area (Å²) in [6.45, 7) is 11.3. The number of nitrogens with zero attached hydrogens (tertiary/aromatic N) is 9. The normalized spacial score (nSPS) is 20.4. The first-order valence-corrected chi connectivity index (χ1v) is 24.8. The molecule has 2 saturated heterocycles. The van der Waals surface area contributed by atoms with Gasteiger partial charge < -0.3 is 48.6 Å². The number of carbonyl (C=O) groups is 2. The van der Waals surface area contributed by atoms with Crippen molar-refractivity contribution in [1.82, 2.24) is 29.3 Å². The number of piperazine rings is 1. The highest BCUT2D eigenvalue weighted by molar-refractivity contribution is 5.97. The fraction of sp³-hybridized carbons (Fsp3) is 0.400. The van der Waals surface area contributed by atoms with Gasteiger partial charge in [-0.15, -0.1) is 0 Å². The van der Waals surface area contributed by atoms with Crippen LogP contribution in [0.4, 0.5) is 11.5 Å². The largest absolute Gasteiger partial charge is 0.488 e. The number of carbonyl (C=O) groups excluding carboxylic acids is 2. The van der Waals surface area contributed by atoms with Gasteiger partial charge in [0, 0.05) is 76.5 Å². The third kappa shape index (κ3) is 7.98. The molecule has 3 unspecified atom stereocenters. The van der Waals surface area contributed by atoms with Crippen molar-refractivity contribution in [3.05, 3.63) is 122 Å². The number of hydrogen-bond acceptors (Lipinski definition) is 15. The van der Waals surface area contributed by atoms with E-state index >= 15 is 0 Å². The molecule has 2 N–H and O–H groups in total. The average molecular weight is 972 g/mol. The number of aliphatic hydroxyl groups excluding tert-OH is 1. The Morgan fingerprint density at radius 2 is 1.82 bits per heavy atom. The number of anilines is 2. The summed E-state index contributed by atoms with van der Waals surface area (Å²) >= 11 is 0. The van der Waals surface area contributed by atoms with Crippen molar-refractivity contribution < 1.29 is 34.0 Å². The van der Waals surface area contributed by atoms with E-state index in [1.807, 2.05) is 6.07 Å². The van der Waals surface area contributed by atoms with Crippen molar-refractivity contribution in [3.8, 4) is 29.2 Å². The third-order valence-electron chi connectivity index (χ3n) is 15.5. The van der Waals surface area contributed by atoms with Crippen LogP contribution in [-0.4, -0.2) is 116 Å². The van der Waals surface area contributed by atoms with Gasteiger partial charge in [-0.3, -0.25) is 9.59 Å². The average Bonchev–Trinajstić information content (AvgIpc) is 3.98. The molecule has 5 aliphatic heterocycles. The van der Waals surface area contributed by atoms with Gasteiger partial charge in [0.05, 0.1) is 66.4 Å². The molecular formula is C55H57N9O8. The SMILES string of the molecule is C=C(COc1ccc2nc3c(cc2c1CO)Cn1c-3cc2c(c1=O)COC(=O)C2(O)CC)C(=O)N1CCN(c2nc(OCC3CCCN3C)nc3c2CCN(c2cccc4cccc(C)c24)C3)CC1CC#N. The number of aromatic nitrogens is 4. The van der Waals surface area contributed by atoms with E-state index in [-0.39, 0.29) is 66.8 Å². The van der Waals surface area contributed by atoms with E-state index in [0.717, 1.165) is 43.0 Å². The number of benzene rings is 3. The molecule has 1 amide bonds. The predicted octanol–water partition coefficient (Wildman–Crippen LogP) is 5.43. The summed E-state index contributed by atoms with van der Waals surface area (Å²) in [5.41, 5.74) is 5.37.